The molecule has 12 heteroatoms. The van der Waals surface area contributed by atoms with Gasteiger partial charge in [-0.25, -0.2) is 14.6 Å². The Kier molecular flexibility index (Phi) is 6.24. The number of tetrazole rings is 1. The van der Waals surface area contributed by atoms with Crippen LogP contribution in [0.2, 0.25) is 0 Å². The Balaban J connectivity index is 1.15. The Bertz CT molecular complexity index is 1060. The van der Waals surface area contributed by atoms with Crippen LogP contribution < -0.4 is 0 Å². The highest BCUT2D eigenvalue weighted by atomic mass is 16.5. The van der Waals surface area contributed by atoms with E-state index in [4.69, 9.17) is 4.74 Å². The topological polar surface area (TPSA) is 130 Å². The van der Waals surface area contributed by atoms with Gasteiger partial charge in [-0.3, -0.25) is 4.90 Å². The predicted octanol–water partition coefficient (Wildman–Crippen LogP) is 0.514. The van der Waals surface area contributed by atoms with Gasteiger partial charge in [-0.05, 0) is 42.7 Å². The molecule has 12 nitrogen and oxygen atoms in total. The number of likely N-dealkylation sites (tertiary alicyclic amines) is 1. The maximum absolute atomic E-state index is 13.2. The van der Waals surface area contributed by atoms with Crippen molar-refractivity contribution in [3.05, 3.63) is 41.5 Å². The molecule has 5 heterocycles. The van der Waals surface area contributed by atoms with E-state index in [0.29, 0.717) is 30.2 Å². The van der Waals surface area contributed by atoms with Crippen molar-refractivity contribution in [2.45, 2.75) is 38.3 Å². The van der Waals surface area contributed by atoms with Crippen molar-refractivity contribution in [2.75, 3.05) is 39.3 Å². The van der Waals surface area contributed by atoms with E-state index in [1.54, 1.807) is 24.1 Å². The van der Waals surface area contributed by atoms with Gasteiger partial charge in [-0.1, -0.05) is 6.07 Å². The third-order valence-electron chi connectivity index (χ3n) is 6.83. The van der Waals surface area contributed by atoms with Gasteiger partial charge >= 0.3 is 12.0 Å². The normalized spacial score (nSPS) is 21.4. The molecular formula is C22H28N8O4. The number of hydrogen-bond acceptors (Lipinski definition) is 9. The third kappa shape index (κ3) is 4.38. The summed E-state index contributed by atoms with van der Waals surface area (Å²) in [5.41, 5.74) is 1.96. The van der Waals surface area contributed by atoms with Gasteiger partial charge in [-0.15, -0.1) is 5.10 Å². The minimum absolute atomic E-state index is 0.0360. The molecule has 1 N–H and O–H groups in total. The van der Waals surface area contributed by atoms with Gasteiger partial charge in [0.1, 0.15) is 12.9 Å². The van der Waals surface area contributed by atoms with E-state index >= 15 is 0 Å². The average Bonchev–Trinajstić information content (AvgIpc) is 3.51. The van der Waals surface area contributed by atoms with E-state index in [-0.39, 0.29) is 24.6 Å². The summed E-state index contributed by atoms with van der Waals surface area (Å²) in [6.07, 6.45) is 5.00. The highest BCUT2D eigenvalue weighted by Crippen LogP contribution is 2.27. The van der Waals surface area contributed by atoms with Gasteiger partial charge in [0, 0.05) is 50.5 Å². The van der Waals surface area contributed by atoms with Gasteiger partial charge in [0.25, 0.3) is 0 Å². The number of urea groups is 1. The van der Waals surface area contributed by atoms with E-state index in [9.17, 15) is 14.7 Å². The van der Waals surface area contributed by atoms with Crippen LogP contribution in [0, 0.1) is 0 Å². The van der Waals surface area contributed by atoms with Gasteiger partial charge in [0.15, 0.2) is 5.82 Å². The predicted molar refractivity (Wildman–Crippen MR) is 118 cm³/mol. The lowest BCUT2D eigenvalue weighted by atomic mass is 10.0. The molecule has 180 valence electrons. The Hall–Kier alpha value is -3.38. The maximum atomic E-state index is 13.2. The minimum atomic E-state index is -0.658. The zero-order valence-corrected chi connectivity index (χ0v) is 19.1. The Morgan fingerprint density at radius 2 is 2.00 bits per heavy atom. The number of ether oxygens (including phenoxy) is 1. The summed E-state index contributed by atoms with van der Waals surface area (Å²) >= 11 is 0. The molecule has 2 aromatic heterocycles. The first-order chi connectivity index (χ1) is 16.5. The first-order valence-electron chi connectivity index (χ1n) is 11.6. The molecule has 2 amide bonds. The van der Waals surface area contributed by atoms with E-state index < -0.39 is 6.10 Å². The number of amides is 2. The SMILES string of the molecule is CC1=C(N2CCCN(C3CCN(C[C@@H](O)c4ccc(-n5cnnn5)nc4)CC3)C2=O)COC1=O. The molecule has 3 aliphatic rings. The molecule has 3 aliphatic heterocycles. The van der Waals surface area contributed by atoms with Gasteiger partial charge in [-0.2, -0.15) is 4.68 Å². The van der Waals surface area contributed by atoms with Gasteiger partial charge in [0.2, 0.25) is 0 Å². The van der Waals surface area contributed by atoms with E-state index in [2.05, 4.69) is 25.4 Å². The zero-order chi connectivity index (χ0) is 23.7. The molecule has 1 atom stereocenters. The van der Waals surface area contributed by atoms with Crippen molar-refractivity contribution in [3.8, 4) is 5.82 Å². The summed E-state index contributed by atoms with van der Waals surface area (Å²) < 4.78 is 6.56. The second kappa shape index (κ2) is 9.47. The summed E-state index contributed by atoms with van der Waals surface area (Å²) in [4.78, 5) is 35.1. The number of carbonyl (C=O) groups excluding carboxylic acids is 2. The molecule has 5 rings (SSSR count). The number of carbonyl (C=O) groups is 2. The van der Waals surface area contributed by atoms with Crippen LogP contribution in [0.3, 0.4) is 0 Å². The molecule has 0 bridgehead atoms. The van der Waals surface area contributed by atoms with Crippen molar-refractivity contribution < 1.29 is 19.4 Å². The van der Waals surface area contributed by atoms with E-state index in [1.807, 2.05) is 11.0 Å². The molecule has 0 aliphatic carbocycles. The fraction of sp³-hybridized carbons (Fsp3) is 0.545. The van der Waals surface area contributed by atoms with Crippen LogP contribution in [0.15, 0.2) is 35.9 Å². The Labute approximate surface area is 196 Å². The number of aliphatic hydroxyl groups is 1. The van der Waals surface area contributed by atoms with Crippen LogP contribution in [-0.2, 0) is 9.53 Å². The molecule has 0 unspecified atom stereocenters. The number of aliphatic hydroxyl groups excluding tert-OH is 1. The molecule has 0 saturated carbocycles. The van der Waals surface area contributed by atoms with Crippen molar-refractivity contribution in [2.24, 2.45) is 0 Å². The Morgan fingerprint density at radius 1 is 1.18 bits per heavy atom. The van der Waals surface area contributed by atoms with Crippen LogP contribution in [0.25, 0.3) is 5.82 Å². The smallest absolute Gasteiger partial charge is 0.336 e. The van der Waals surface area contributed by atoms with E-state index in [0.717, 1.165) is 44.5 Å². The van der Waals surface area contributed by atoms with E-state index in [1.165, 1.54) is 11.0 Å². The molecule has 2 saturated heterocycles. The summed E-state index contributed by atoms with van der Waals surface area (Å²) in [7, 11) is 0. The zero-order valence-electron chi connectivity index (χ0n) is 19.1. The minimum Gasteiger partial charge on any atom is -0.456 e. The standard InChI is InChI=1S/C22H28N8O4/c1-15-18(13-34-21(15)32)29-8-2-7-28(22(29)33)17-5-9-27(10-6-17)12-19(31)16-3-4-20(23-11-16)30-14-24-25-26-30/h3-4,11,14,17,19,31H,2,5-10,12-13H2,1H3/t19-/m1/s1. The molecule has 34 heavy (non-hydrogen) atoms. The lowest BCUT2D eigenvalue weighted by molar-refractivity contribution is -0.136. The molecule has 0 radical (unpaired) electrons. The molecule has 2 aromatic rings. The lowest BCUT2D eigenvalue weighted by Gasteiger charge is -2.43. The lowest BCUT2D eigenvalue weighted by Crippen LogP contribution is -2.55. The van der Waals surface area contributed by atoms with Crippen LogP contribution in [0.5, 0.6) is 0 Å². The van der Waals surface area contributed by atoms with Crippen LogP contribution in [0.1, 0.15) is 37.9 Å². The van der Waals surface area contributed by atoms with Crippen LogP contribution in [-0.4, -0.2) is 102 Å². The molecular weight excluding hydrogens is 440 g/mol. The van der Waals surface area contributed by atoms with Crippen molar-refractivity contribution in [1.82, 2.24) is 39.9 Å². The second-order valence-corrected chi connectivity index (χ2v) is 8.88. The fourth-order valence-electron chi connectivity index (χ4n) is 4.84. The van der Waals surface area contributed by atoms with Crippen LogP contribution in [0.4, 0.5) is 4.79 Å². The molecule has 0 aromatic carbocycles. The number of rotatable bonds is 6. The third-order valence-corrected chi connectivity index (χ3v) is 6.83. The quantitative estimate of drug-likeness (QED) is 0.603. The average molecular weight is 469 g/mol. The number of piperidine rings is 1. The second-order valence-electron chi connectivity index (χ2n) is 8.88. The number of aromatic nitrogens is 5. The molecule has 0 spiro atoms. The Morgan fingerprint density at radius 3 is 2.65 bits per heavy atom. The van der Waals surface area contributed by atoms with Crippen LogP contribution >= 0.6 is 0 Å². The number of pyridine rings is 1. The summed E-state index contributed by atoms with van der Waals surface area (Å²) in [6.45, 7) is 5.33. The molecule has 2 fully saturated rings. The number of cyclic esters (lactones) is 1. The first kappa shape index (κ1) is 22.4. The highest BCUT2D eigenvalue weighted by Gasteiger charge is 2.37. The van der Waals surface area contributed by atoms with Gasteiger partial charge < -0.3 is 19.6 Å². The van der Waals surface area contributed by atoms with Gasteiger partial charge in [0.05, 0.1) is 17.4 Å². The number of esters is 1. The number of nitrogens with zero attached hydrogens (tertiary/aromatic N) is 8. The van der Waals surface area contributed by atoms with Crippen molar-refractivity contribution in [1.29, 1.82) is 0 Å². The largest absolute Gasteiger partial charge is 0.456 e. The van der Waals surface area contributed by atoms with Crippen molar-refractivity contribution in [3.63, 3.8) is 0 Å². The summed E-state index contributed by atoms with van der Waals surface area (Å²) in [5, 5.41) is 21.7. The number of hydrogen-bond donors (Lipinski definition) is 1. The monoisotopic (exact) mass is 468 g/mol. The highest BCUT2D eigenvalue weighted by molar-refractivity contribution is 5.92. The number of β-amino-alcohol motifs (C(OH)–C–C–N with tert-alkyl or cyclic N) is 1. The summed E-state index contributed by atoms with van der Waals surface area (Å²) in [6, 6.07) is 3.72. The fourth-order valence-corrected chi connectivity index (χ4v) is 4.84. The van der Waals surface area contributed by atoms with Crippen molar-refractivity contribution >= 4 is 12.0 Å². The summed E-state index contributed by atoms with van der Waals surface area (Å²) in [5.74, 6) is 0.244. The maximum Gasteiger partial charge on any atom is 0.336 e. The first-order valence-corrected chi connectivity index (χ1v) is 11.6.